The fraction of sp³-hybridized carbons (Fsp3) is 0.615. The van der Waals surface area contributed by atoms with Gasteiger partial charge in [0.1, 0.15) is 12.4 Å². The highest BCUT2D eigenvalue weighted by Gasteiger charge is 1.97. The Hall–Kier alpha value is -1.13. The van der Waals surface area contributed by atoms with Crippen molar-refractivity contribution in [1.29, 1.82) is 0 Å². The number of nitrogens with zero attached hydrogens (tertiary/aromatic N) is 2. The molecule has 0 saturated carbocycles. The van der Waals surface area contributed by atoms with Gasteiger partial charge in [-0.3, -0.25) is 4.98 Å². The van der Waals surface area contributed by atoms with Gasteiger partial charge >= 0.3 is 0 Å². The van der Waals surface area contributed by atoms with Gasteiger partial charge in [0.05, 0.1) is 11.9 Å². The third-order valence-electron chi connectivity index (χ3n) is 2.34. The van der Waals surface area contributed by atoms with Crippen LogP contribution in [0.15, 0.2) is 18.3 Å². The normalized spacial score (nSPS) is 10.8. The van der Waals surface area contributed by atoms with Crippen molar-refractivity contribution < 1.29 is 4.74 Å². The lowest BCUT2D eigenvalue weighted by Crippen LogP contribution is -2.19. The maximum Gasteiger partial charge on any atom is 0.137 e. The first kappa shape index (κ1) is 13.9. The Labute approximate surface area is 104 Å². The smallest absolute Gasteiger partial charge is 0.137 e. The highest BCUT2D eigenvalue weighted by Crippen LogP contribution is 2.08. The van der Waals surface area contributed by atoms with E-state index in [1.54, 1.807) is 6.20 Å². The van der Waals surface area contributed by atoms with Crippen LogP contribution in [0.2, 0.25) is 0 Å². The molecule has 0 amide bonds. The van der Waals surface area contributed by atoms with Crippen molar-refractivity contribution in [3.63, 3.8) is 0 Å². The summed E-state index contributed by atoms with van der Waals surface area (Å²) < 4.78 is 5.57. The molecule has 1 aromatic rings. The summed E-state index contributed by atoms with van der Waals surface area (Å²) in [5.41, 5.74) is 1.05. The standard InChI is InChI=1S/C13H23N3O/c1-4-7-14-10-12-5-6-13(11-15-12)17-9-8-16(2)3/h5-6,11,14H,4,7-10H2,1-3H3. The predicted octanol–water partition coefficient (Wildman–Crippen LogP) is 1.52. The highest BCUT2D eigenvalue weighted by molar-refractivity contribution is 5.19. The van der Waals surface area contributed by atoms with Crippen LogP contribution in [-0.2, 0) is 6.54 Å². The van der Waals surface area contributed by atoms with Gasteiger partial charge in [0.15, 0.2) is 0 Å². The molecule has 0 aliphatic carbocycles. The molecule has 4 heteroatoms. The number of hydrogen-bond donors (Lipinski definition) is 1. The Morgan fingerprint density at radius 2 is 2.18 bits per heavy atom. The van der Waals surface area contributed by atoms with Crippen LogP contribution in [0.5, 0.6) is 5.75 Å². The van der Waals surface area contributed by atoms with Gasteiger partial charge in [-0.25, -0.2) is 0 Å². The molecule has 0 bridgehead atoms. The van der Waals surface area contributed by atoms with Gasteiger partial charge in [-0.15, -0.1) is 0 Å². The van der Waals surface area contributed by atoms with Gasteiger partial charge in [-0.2, -0.15) is 0 Å². The Morgan fingerprint density at radius 3 is 2.76 bits per heavy atom. The molecule has 0 unspecified atom stereocenters. The quantitative estimate of drug-likeness (QED) is 0.696. The SMILES string of the molecule is CCCNCc1ccc(OCCN(C)C)cn1. The van der Waals surface area contributed by atoms with Crippen LogP contribution in [0.25, 0.3) is 0 Å². The number of likely N-dealkylation sites (N-methyl/N-ethyl adjacent to an activating group) is 1. The maximum atomic E-state index is 5.57. The van der Waals surface area contributed by atoms with Crippen molar-refractivity contribution in [3.05, 3.63) is 24.0 Å². The number of rotatable bonds is 8. The van der Waals surface area contributed by atoms with Crippen molar-refractivity contribution in [2.75, 3.05) is 33.8 Å². The van der Waals surface area contributed by atoms with E-state index >= 15 is 0 Å². The van der Waals surface area contributed by atoms with Crippen LogP contribution in [0.1, 0.15) is 19.0 Å². The van der Waals surface area contributed by atoms with Crippen LogP contribution in [0.3, 0.4) is 0 Å². The molecule has 4 nitrogen and oxygen atoms in total. The molecule has 0 saturated heterocycles. The molecule has 0 fully saturated rings. The number of aromatic nitrogens is 1. The topological polar surface area (TPSA) is 37.4 Å². The third-order valence-corrected chi connectivity index (χ3v) is 2.34. The minimum atomic E-state index is 0.697. The Kier molecular flexibility index (Phi) is 6.58. The second-order valence-electron chi connectivity index (χ2n) is 4.31. The molecule has 0 aromatic carbocycles. The van der Waals surface area contributed by atoms with Crippen LogP contribution < -0.4 is 10.1 Å². The molecule has 0 atom stereocenters. The van der Waals surface area contributed by atoms with Crippen molar-refractivity contribution in [3.8, 4) is 5.75 Å². The largest absolute Gasteiger partial charge is 0.491 e. The van der Waals surface area contributed by atoms with E-state index in [4.69, 9.17) is 4.74 Å². The van der Waals surface area contributed by atoms with E-state index < -0.39 is 0 Å². The van der Waals surface area contributed by atoms with Gasteiger partial charge in [-0.05, 0) is 39.2 Å². The molecule has 1 N–H and O–H groups in total. The van der Waals surface area contributed by atoms with E-state index in [2.05, 4.69) is 22.1 Å². The zero-order chi connectivity index (χ0) is 12.5. The molecule has 0 radical (unpaired) electrons. The summed E-state index contributed by atoms with van der Waals surface area (Å²) in [4.78, 5) is 6.44. The fourth-order valence-corrected chi connectivity index (χ4v) is 1.34. The second-order valence-corrected chi connectivity index (χ2v) is 4.31. The fourth-order valence-electron chi connectivity index (χ4n) is 1.34. The average molecular weight is 237 g/mol. The molecular weight excluding hydrogens is 214 g/mol. The molecule has 1 rings (SSSR count). The Bertz CT molecular complexity index is 298. The first-order valence-corrected chi connectivity index (χ1v) is 6.15. The summed E-state index contributed by atoms with van der Waals surface area (Å²) in [6, 6.07) is 3.99. The molecule has 1 aromatic heterocycles. The maximum absolute atomic E-state index is 5.57. The molecular formula is C13H23N3O. The third kappa shape index (κ3) is 6.24. The van der Waals surface area contributed by atoms with Gasteiger partial charge in [0.2, 0.25) is 0 Å². The van der Waals surface area contributed by atoms with E-state index in [9.17, 15) is 0 Å². The molecule has 0 spiro atoms. The van der Waals surface area contributed by atoms with Gasteiger partial charge in [0, 0.05) is 13.1 Å². The molecule has 17 heavy (non-hydrogen) atoms. The zero-order valence-electron chi connectivity index (χ0n) is 11.1. The minimum Gasteiger partial charge on any atom is -0.491 e. The number of hydrogen-bond acceptors (Lipinski definition) is 4. The number of nitrogens with one attached hydrogen (secondary N) is 1. The van der Waals surface area contributed by atoms with Crippen LogP contribution >= 0.6 is 0 Å². The van der Waals surface area contributed by atoms with Crippen molar-refractivity contribution in [2.45, 2.75) is 19.9 Å². The van der Waals surface area contributed by atoms with Gasteiger partial charge in [0.25, 0.3) is 0 Å². The monoisotopic (exact) mass is 237 g/mol. The molecule has 0 aliphatic heterocycles. The van der Waals surface area contributed by atoms with Crippen LogP contribution in [0, 0.1) is 0 Å². The molecule has 96 valence electrons. The first-order valence-electron chi connectivity index (χ1n) is 6.15. The summed E-state index contributed by atoms with van der Waals surface area (Å²) in [5.74, 6) is 0.839. The number of ether oxygens (including phenoxy) is 1. The molecule has 0 aliphatic rings. The predicted molar refractivity (Wildman–Crippen MR) is 70.3 cm³/mol. The van der Waals surface area contributed by atoms with Crippen molar-refractivity contribution in [1.82, 2.24) is 15.2 Å². The van der Waals surface area contributed by atoms with Crippen LogP contribution in [-0.4, -0.2) is 43.7 Å². The lowest BCUT2D eigenvalue weighted by atomic mass is 10.3. The second kappa shape index (κ2) is 8.03. The highest BCUT2D eigenvalue weighted by atomic mass is 16.5. The Balaban J connectivity index is 2.29. The van der Waals surface area contributed by atoms with E-state index in [1.165, 1.54) is 0 Å². The van der Waals surface area contributed by atoms with Crippen molar-refractivity contribution in [2.24, 2.45) is 0 Å². The minimum absolute atomic E-state index is 0.697. The van der Waals surface area contributed by atoms with Gasteiger partial charge < -0.3 is 15.0 Å². The summed E-state index contributed by atoms with van der Waals surface area (Å²) in [6.45, 7) is 5.62. The molecule has 1 heterocycles. The summed E-state index contributed by atoms with van der Waals surface area (Å²) >= 11 is 0. The van der Waals surface area contributed by atoms with Crippen molar-refractivity contribution >= 4 is 0 Å². The average Bonchev–Trinajstić information content (AvgIpc) is 2.31. The summed E-state index contributed by atoms with van der Waals surface area (Å²) in [5, 5.41) is 3.32. The van der Waals surface area contributed by atoms with Crippen LogP contribution in [0.4, 0.5) is 0 Å². The van der Waals surface area contributed by atoms with E-state index in [1.807, 2.05) is 26.2 Å². The van der Waals surface area contributed by atoms with Gasteiger partial charge in [-0.1, -0.05) is 6.92 Å². The summed E-state index contributed by atoms with van der Waals surface area (Å²) in [6.07, 6.45) is 2.93. The zero-order valence-corrected chi connectivity index (χ0v) is 11.1. The summed E-state index contributed by atoms with van der Waals surface area (Å²) in [7, 11) is 4.06. The van der Waals surface area contributed by atoms with E-state index in [-0.39, 0.29) is 0 Å². The number of pyridine rings is 1. The lowest BCUT2D eigenvalue weighted by molar-refractivity contribution is 0.260. The first-order chi connectivity index (χ1) is 8.22. The van der Waals surface area contributed by atoms with E-state index in [0.29, 0.717) is 6.61 Å². The van der Waals surface area contributed by atoms with E-state index in [0.717, 1.165) is 37.5 Å². The Morgan fingerprint density at radius 1 is 1.35 bits per heavy atom. The lowest BCUT2D eigenvalue weighted by Gasteiger charge is -2.11.